The molecule has 0 saturated heterocycles. The van der Waals surface area contributed by atoms with Gasteiger partial charge in [-0.1, -0.05) is 20.8 Å². The molecular weight excluding hydrogens is 234 g/mol. The van der Waals surface area contributed by atoms with Crippen LogP contribution < -0.4 is 4.74 Å². The third-order valence-corrected chi connectivity index (χ3v) is 3.31. The highest BCUT2D eigenvalue weighted by Crippen LogP contribution is 2.35. The predicted octanol–water partition coefficient (Wildman–Crippen LogP) is 3.49. The number of aliphatic imine (C=N–C) groups is 1. The minimum absolute atomic E-state index is 0.0290. The minimum atomic E-state index is -0.0791. The summed E-state index contributed by atoms with van der Waals surface area (Å²) in [6, 6.07) is 7.86. The highest BCUT2D eigenvalue weighted by Gasteiger charge is 2.31. The highest BCUT2D eigenvalue weighted by atomic mass is 32.2. The molecule has 3 nitrogen and oxygen atoms in total. The summed E-state index contributed by atoms with van der Waals surface area (Å²) in [5.74, 6) is 0.852. The summed E-state index contributed by atoms with van der Waals surface area (Å²) in [4.78, 5) is 4.60. The van der Waals surface area contributed by atoms with E-state index in [2.05, 4.69) is 25.8 Å². The maximum atomic E-state index is 5.62. The quantitative estimate of drug-likeness (QED) is 0.754. The fraction of sp³-hybridized carbons (Fsp3) is 0.462. The van der Waals surface area contributed by atoms with Crippen molar-refractivity contribution in [2.45, 2.75) is 27.0 Å². The summed E-state index contributed by atoms with van der Waals surface area (Å²) in [6.07, 6.45) is -0.0791. The lowest BCUT2D eigenvalue weighted by atomic mass is 9.95. The molecule has 1 aromatic rings. The predicted molar refractivity (Wildman–Crippen MR) is 71.5 cm³/mol. The van der Waals surface area contributed by atoms with E-state index in [-0.39, 0.29) is 11.6 Å². The number of hydrogen-bond donors (Lipinski definition) is 0. The first-order valence-electron chi connectivity index (χ1n) is 5.56. The van der Waals surface area contributed by atoms with Crippen LogP contribution >= 0.6 is 12.0 Å². The molecule has 1 aromatic carbocycles. The summed E-state index contributed by atoms with van der Waals surface area (Å²) in [7, 11) is 1.66. The number of rotatable bonds is 2. The Morgan fingerprint density at radius 3 is 2.35 bits per heavy atom. The van der Waals surface area contributed by atoms with Gasteiger partial charge >= 0.3 is 0 Å². The van der Waals surface area contributed by atoms with Crippen LogP contribution in [0.3, 0.4) is 0 Å². The second kappa shape index (κ2) is 4.70. The van der Waals surface area contributed by atoms with Crippen LogP contribution in [0.5, 0.6) is 5.75 Å². The van der Waals surface area contributed by atoms with Crippen molar-refractivity contribution in [3.05, 3.63) is 29.8 Å². The zero-order chi connectivity index (χ0) is 12.5. The molecule has 0 aliphatic carbocycles. The smallest absolute Gasteiger partial charge is 0.168 e. The van der Waals surface area contributed by atoms with E-state index in [1.807, 2.05) is 24.3 Å². The standard InChI is InChI=1S/C13H17NO2S/c1-13(2,3)12-14-11(17-16-12)9-5-7-10(15-4)8-6-9/h5-8,12H,1-4H3. The van der Waals surface area contributed by atoms with Gasteiger partial charge in [0, 0.05) is 11.0 Å². The monoisotopic (exact) mass is 251 g/mol. The van der Waals surface area contributed by atoms with Crippen molar-refractivity contribution in [2.75, 3.05) is 7.11 Å². The Balaban J connectivity index is 2.18. The molecule has 1 heterocycles. The Morgan fingerprint density at radius 1 is 1.24 bits per heavy atom. The molecule has 0 N–H and O–H groups in total. The van der Waals surface area contributed by atoms with Crippen molar-refractivity contribution in [1.29, 1.82) is 0 Å². The second-order valence-corrected chi connectivity index (χ2v) is 5.81. The van der Waals surface area contributed by atoms with Gasteiger partial charge in [0.05, 0.1) is 19.2 Å². The molecule has 0 fully saturated rings. The Labute approximate surface area is 106 Å². The van der Waals surface area contributed by atoms with Gasteiger partial charge in [0.2, 0.25) is 0 Å². The molecule has 0 aromatic heterocycles. The number of hydrogen-bond acceptors (Lipinski definition) is 4. The summed E-state index contributed by atoms with van der Waals surface area (Å²) < 4.78 is 10.8. The molecule has 4 heteroatoms. The van der Waals surface area contributed by atoms with E-state index < -0.39 is 0 Å². The largest absolute Gasteiger partial charge is 0.497 e. The molecule has 1 aliphatic rings. The topological polar surface area (TPSA) is 30.8 Å². The van der Waals surface area contributed by atoms with Crippen LogP contribution in [-0.2, 0) is 4.18 Å². The molecule has 0 spiro atoms. The first-order chi connectivity index (χ1) is 8.00. The first-order valence-corrected chi connectivity index (χ1v) is 6.30. The highest BCUT2D eigenvalue weighted by molar-refractivity contribution is 8.10. The molecule has 0 radical (unpaired) electrons. The Bertz CT molecular complexity index is 420. The van der Waals surface area contributed by atoms with Gasteiger partial charge in [-0.2, -0.15) is 0 Å². The van der Waals surface area contributed by atoms with Crippen molar-refractivity contribution in [3.8, 4) is 5.75 Å². The average Bonchev–Trinajstić information content (AvgIpc) is 2.78. The minimum Gasteiger partial charge on any atom is -0.497 e. The third kappa shape index (κ3) is 2.82. The maximum Gasteiger partial charge on any atom is 0.168 e. The van der Waals surface area contributed by atoms with E-state index in [4.69, 9.17) is 8.92 Å². The molecule has 92 valence electrons. The van der Waals surface area contributed by atoms with Gasteiger partial charge < -0.3 is 4.74 Å². The zero-order valence-electron chi connectivity index (χ0n) is 10.6. The van der Waals surface area contributed by atoms with E-state index in [0.29, 0.717) is 0 Å². The Hall–Kier alpha value is -1.00. The summed E-state index contributed by atoms with van der Waals surface area (Å²) in [5.41, 5.74) is 1.10. The van der Waals surface area contributed by atoms with E-state index >= 15 is 0 Å². The van der Waals surface area contributed by atoms with Gasteiger partial charge in [-0.25, -0.2) is 4.99 Å². The molecule has 0 saturated carbocycles. The van der Waals surface area contributed by atoms with Crippen molar-refractivity contribution in [1.82, 2.24) is 0 Å². The number of methoxy groups -OCH3 is 1. The van der Waals surface area contributed by atoms with Crippen LogP contribution in [0.1, 0.15) is 26.3 Å². The maximum absolute atomic E-state index is 5.62. The lowest BCUT2D eigenvalue weighted by Crippen LogP contribution is -2.23. The van der Waals surface area contributed by atoms with Crippen molar-refractivity contribution >= 4 is 17.1 Å². The lowest BCUT2D eigenvalue weighted by Gasteiger charge is -2.21. The Morgan fingerprint density at radius 2 is 1.88 bits per heavy atom. The van der Waals surface area contributed by atoms with E-state index in [0.717, 1.165) is 16.4 Å². The van der Waals surface area contributed by atoms with Crippen molar-refractivity contribution in [3.63, 3.8) is 0 Å². The SMILES string of the molecule is COc1ccc(C2=NC(C(C)(C)C)OS2)cc1. The molecule has 2 rings (SSSR count). The van der Waals surface area contributed by atoms with Crippen molar-refractivity contribution in [2.24, 2.45) is 10.4 Å². The van der Waals surface area contributed by atoms with E-state index in [9.17, 15) is 0 Å². The normalized spacial score (nSPS) is 20.2. The van der Waals surface area contributed by atoms with Gasteiger partial charge in [-0.05, 0) is 24.3 Å². The zero-order valence-corrected chi connectivity index (χ0v) is 11.4. The summed E-state index contributed by atoms with van der Waals surface area (Å²) in [6.45, 7) is 6.37. The third-order valence-electron chi connectivity index (χ3n) is 2.53. The average molecular weight is 251 g/mol. The van der Waals surface area contributed by atoms with E-state index in [1.165, 1.54) is 12.0 Å². The van der Waals surface area contributed by atoms with Crippen LogP contribution in [0.15, 0.2) is 29.3 Å². The summed E-state index contributed by atoms with van der Waals surface area (Å²) in [5, 5.41) is 0.938. The second-order valence-electron chi connectivity index (χ2n) is 5.06. The first kappa shape index (κ1) is 12.5. The lowest BCUT2D eigenvalue weighted by molar-refractivity contribution is 0.126. The van der Waals surface area contributed by atoms with Crippen LogP contribution in [0.4, 0.5) is 0 Å². The van der Waals surface area contributed by atoms with Gasteiger partial charge in [0.15, 0.2) is 6.23 Å². The number of nitrogens with zero attached hydrogens (tertiary/aromatic N) is 1. The number of ether oxygens (including phenoxy) is 1. The van der Waals surface area contributed by atoms with E-state index in [1.54, 1.807) is 7.11 Å². The molecular formula is C13H17NO2S. The van der Waals surface area contributed by atoms with Gasteiger partial charge in [-0.15, -0.1) is 0 Å². The molecule has 0 bridgehead atoms. The van der Waals surface area contributed by atoms with Crippen molar-refractivity contribution < 1.29 is 8.92 Å². The number of benzene rings is 1. The van der Waals surface area contributed by atoms with Crippen LogP contribution in [0.25, 0.3) is 0 Å². The van der Waals surface area contributed by atoms with Gasteiger partial charge in [0.25, 0.3) is 0 Å². The summed E-state index contributed by atoms with van der Waals surface area (Å²) >= 11 is 1.35. The molecule has 1 atom stereocenters. The van der Waals surface area contributed by atoms with Crippen LogP contribution in [-0.4, -0.2) is 18.4 Å². The van der Waals surface area contributed by atoms with Gasteiger partial charge in [0.1, 0.15) is 10.8 Å². The molecule has 1 unspecified atom stereocenters. The fourth-order valence-electron chi connectivity index (χ4n) is 1.43. The fourth-order valence-corrected chi connectivity index (χ4v) is 2.32. The van der Waals surface area contributed by atoms with Crippen LogP contribution in [0, 0.1) is 5.41 Å². The molecule has 1 aliphatic heterocycles. The molecule has 17 heavy (non-hydrogen) atoms. The Kier molecular flexibility index (Phi) is 3.45. The van der Waals surface area contributed by atoms with Crippen LogP contribution in [0.2, 0.25) is 0 Å². The molecule has 0 amide bonds. The van der Waals surface area contributed by atoms with Gasteiger partial charge in [-0.3, -0.25) is 4.18 Å².